The fraction of sp³-hybridized carbons (Fsp3) is 0.438. The summed E-state index contributed by atoms with van der Waals surface area (Å²) in [6, 6.07) is 9.64. The minimum Gasteiger partial charge on any atom is -0.480 e. The Hall–Kier alpha value is -2.37. The molecule has 0 atom stereocenters. The summed E-state index contributed by atoms with van der Waals surface area (Å²) in [4.78, 5) is 35.9. The Balaban J connectivity index is 2.59. The Morgan fingerprint density at radius 2 is 1.77 bits per heavy atom. The Morgan fingerprint density at radius 1 is 1.18 bits per heavy atom. The van der Waals surface area contributed by atoms with Gasteiger partial charge < -0.3 is 15.3 Å². The first-order chi connectivity index (χ1) is 10.2. The number of carboxylic acids is 1. The van der Waals surface area contributed by atoms with Crippen LogP contribution in [0.5, 0.6) is 0 Å². The van der Waals surface area contributed by atoms with E-state index in [9.17, 15) is 14.4 Å². The normalized spacial score (nSPS) is 10.9. The summed E-state index contributed by atoms with van der Waals surface area (Å²) in [5.41, 5.74) is -0.293. The molecular formula is C16H22N2O4. The second-order valence-electron chi connectivity index (χ2n) is 5.65. The van der Waals surface area contributed by atoms with Crippen molar-refractivity contribution in [2.75, 3.05) is 13.1 Å². The third-order valence-electron chi connectivity index (χ3n) is 3.28. The maximum atomic E-state index is 11.9. The van der Waals surface area contributed by atoms with Crippen LogP contribution in [0.2, 0.25) is 0 Å². The third-order valence-corrected chi connectivity index (χ3v) is 3.28. The molecule has 1 rings (SSSR count). The van der Waals surface area contributed by atoms with Crippen LogP contribution in [0.25, 0.3) is 0 Å². The molecule has 0 aliphatic heterocycles. The van der Waals surface area contributed by atoms with E-state index in [0.717, 1.165) is 5.56 Å². The Morgan fingerprint density at radius 3 is 2.27 bits per heavy atom. The number of carbonyl (C=O) groups excluding carboxylic acids is 2. The van der Waals surface area contributed by atoms with E-state index in [1.165, 1.54) is 25.7 Å². The van der Waals surface area contributed by atoms with Crippen LogP contribution in [0, 0.1) is 0 Å². The summed E-state index contributed by atoms with van der Waals surface area (Å²) < 4.78 is 0. The van der Waals surface area contributed by atoms with Gasteiger partial charge in [0.2, 0.25) is 11.8 Å². The molecule has 0 spiro atoms. The van der Waals surface area contributed by atoms with Crippen LogP contribution in [0.15, 0.2) is 30.3 Å². The van der Waals surface area contributed by atoms with Crippen molar-refractivity contribution in [3.63, 3.8) is 0 Å². The van der Waals surface area contributed by atoms with Crippen LogP contribution in [0.3, 0.4) is 0 Å². The average Bonchev–Trinajstić information content (AvgIpc) is 2.43. The van der Waals surface area contributed by atoms with Crippen LogP contribution < -0.4 is 5.32 Å². The number of carboxylic acid groups (broad SMARTS) is 1. The van der Waals surface area contributed by atoms with Crippen molar-refractivity contribution in [1.29, 1.82) is 0 Å². The second-order valence-corrected chi connectivity index (χ2v) is 5.65. The first-order valence-corrected chi connectivity index (χ1v) is 7.06. The average molecular weight is 306 g/mol. The largest absolute Gasteiger partial charge is 0.480 e. The molecule has 0 heterocycles. The van der Waals surface area contributed by atoms with Crippen LogP contribution in [-0.4, -0.2) is 46.4 Å². The lowest BCUT2D eigenvalue weighted by atomic mass is 10.1. The summed E-state index contributed by atoms with van der Waals surface area (Å²) in [5, 5.41) is 11.4. The molecule has 22 heavy (non-hydrogen) atoms. The molecule has 2 N–H and O–H groups in total. The monoisotopic (exact) mass is 306 g/mol. The molecule has 2 amide bonds. The quantitative estimate of drug-likeness (QED) is 0.788. The van der Waals surface area contributed by atoms with Gasteiger partial charge in [-0.05, 0) is 25.8 Å². The summed E-state index contributed by atoms with van der Waals surface area (Å²) in [6.45, 7) is 4.43. The van der Waals surface area contributed by atoms with Gasteiger partial charge in [-0.2, -0.15) is 0 Å². The zero-order valence-corrected chi connectivity index (χ0v) is 13.1. The predicted molar refractivity (Wildman–Crippen MR) is 82.3 cm³/mol. The lowest BCUT2D eigenvalue weighted by Gasteiger charge is -2.25. The molecule has 1 aromatic carbocycles. The maximum absolute atomic E-state index is 11.9. The van der Waals surface area contributed by atoms with Crippen molar-refractivity contribution in [3.8, 4) is 0 Å². The van der Waals surface area contributed by atoms with Gasteiger partial charge in [0.15, 0.2) is 0 Å². The molecule has 0 saturated heterocycles. The number of benzene rings is 1. The number of nitrogens with one attached hydrogen (secondary N) is 1. The first-order valence-electron chi connectivity index (χ1n) is 7.06. The molecule has 6 heteroatoms. The maximum Gasteiger partial charge on any atom is 0.328 e. The van der Waals surface area contributed by atoms with Crippen LogP contribution >= 0.6 is 0 Å². The van der Waals surface area contributed by atoms with Gasteiger partial charge in [0.1, 0.15) is 5.54 Å². The number of rotatable bonds is 7. The Kier molecular flexibility index (Phi) is 6.10. The van der Waals surface area contributed by atoms with Crippen LogP contribution in [0.4, 0.5) is 0 Å². The Labute approximate surface area is 130 Å². The van der Waals surface area contributed by atoms with Gasteiger partial charge >= 0.3 is 5.97 Å². The lowest BCUT2D eigenvalue weighted by molar-refractivity contribution is -0.146. The Bertz CT molecular complexity index is 540. The van der Waals surface area contributed by atoms with E-state index >= 15 is 0 Å². The van der Waals surface area contributed by atoms with E-state index in [2.05, 4.69) is 5.32 Å². The smallest absolute Gasteiger partial charge is 0.328 e. The van der Waals surface area contributed by atoms with Gasteiger partial charge in [-0.25, -0.2) is 4.79 Å². The number of carbonyl (C=O) groups is 3. The number of hydrogen-bond acceptors (Lipinski definition) is 3. The number of aliphatic carboxylic acids is 1. The number of nitrogens with zero attached hydrogens (tertiary/aromatic N) is 1. The molecule has 6 nitrogen and oxygen atoms in total. The first kappa shape index (κ1) is 17.7. The molecule has 0 unspecified atom stereocenters. The number of hydrogen-bond donors (Lipinski definition) is 2. The minimum atomic E-state index is -1.36. The van der Waals surface area contributed by atoms with Crippen molar-refractivity contribution >= 4 is 17.8 Å². The van der Waals surface area contributed by atoms with E-state index in [4.69, 9.17) is 5.11 Å². The highest BCUT2D eigenvalue weighted by Crippen LogP contribution is 2.04. The van der Waals surface area contributed by atoms with Crippen molar-refractivity contribution in [2.45, 2.75) is 32.7 Å². The fourth-order valence-electron chi connectivity index (χ4n) is 1.87. The molecule has 0 aliphatic rings. The molecule has 1 aromatic rings. The third kappa shape index (κ3) is 5.55. The van der Waals surface area contributed by atoms with Gasteiger partial charge in [-0.15, -0.1) is 0 Å². The van der Waals surface area contributed by atoms with Crippen molar-refractivity contribution in [1.82, 2.24) is 10.2 Å². The highest BCUT2D eigenvalue weighted by Gasteiger charge is 2.29. The standard InChI is InChI=1S/C16H22N2O4/c1-12(19)18(10-9-13-7-5-4-6-8-13)11-14(20)17-16(2,3)15(21)22/h4-8H,9-11H2,1-3H3,(H,17,20)(H,21,22). The summed E-state index contributed by atoms with van der Waals surface area (Å²) in [5.74, 6) is -1.84. The summed E-state index contributed by atoms with van der Waals surface area (Å²) in [7, 11) is 0. The second kappa shape index (κ2) is 7.59. The van der Waals surface area contributed by atoms with Gasteiger partial charge in [0.05, 0.1) is 6.54 Å². The van der Waals surface area contributed by atoms with Crippen molar-refractivity contribution in [3.05, 3.63) is 35.9 Å². The van der Waals surface area contributed by atoms with E-state index < -0.39 is 17.4 Å². The van der Waals surface area contributed by atoms with Crippen molar-refractivity contribution in [2.24, 2.45) is 0 Å². The molecule has 0 aromatic heterocycles. The molecule has 120 valence electrons. The molecule has 0 aliphatic carbocycles. The molecular weight excluding hydrogens is 284 g/mol. The van der Waals surface area contributed by atoms with Gasteiger partial charge in [-0.3, -0.25) is 9.59 Å². The predicted octanol–water partition coefficient (Wildman–Crippen LogP) is 1.06. The van der Waals surface area contributed by atoms with E-state index in [0.29, 0.717) is 13.0 Å². The van der Waals surface area contributed by atoms with E-state index in [1.807, 2.05) is 30.3 Å². The van der Waals surface area contributed by atoms with Gasteiger partial charge in [0, 0.05) is 13.5 Å². The molecule has 0 fully saturated rings. The zero-order chi connectivity index (χ0) is 16.8. The van der Waals surface area contributed by atoms with Gasteiger partial charge in [-0.1, -0.05) is 30.3 Å². The van der Waals surface area contributed by atoms with Crippen LogP contribution in [-0.2, 0) is 20.8 Å². The summed E-state index contributed by atoms with van der Waals surface area (Å²) in [6.07, 6.45) is 0.635. The van der Waals surface area contributed by atoms with E-state index in [1.54, 1.807) is 0 Å². The lowest BCUT2D eigenvalue weighted by Crippen LogP contribution is -2.53. The highest BCUT2D eigenvalue weighted by atomic mass is 16.4. The van der Waals surface area contributed by atoms with E-state index in [-0.39, 0.29) is 12.5 Å². The van der Waals surface area contributed by atoms with Crippen LogP contribution in [0.1, 0.15) is 26.3 Å². The number of amides is 2. The van der Waals surface area contributed by atoms with Gasteiger partial charge in [0.25, 0.3) is 0 Å². The molecule has 0 radical (unpaired) electrons. The topological polar surface area (TPSA) is 86.7 Å². The minimum absolute atomic E-state index is 0.154. The van der Waals surface area contributed by atoms with Crippen molar-refractivity contribution < 1.29 is 19.5 Å². The summed E-state index contributed by atoms with van der Waals surface area (Å²) >= 11 is 0. The molecule has 0 bridgehead atoms. The fourth-order valence-corrected chi connectivity index (χ4v) is 1.87. The highest BCUT2D eigenvalue weighted by molar-refractivity contribution is 5.89. The SMILES string of the molecule is CC(=O)N(CCc1ccccc1)CC(=O)NC(C)(C)C(=O)O. The zero-order valence-electron chi connectivity index (χ0n) is 13.1. The molecule has 0 saturated carbocycles.